The van der Waals surface area contributed by atoms with E-state index in [2.05, 4.69) is 27.3 Å². The number of hydrogen-bond acceptors (Lipinski definition) is 4. The normalized spacial score (nSPS) is 12.6. The number of pyridine rings is 1. The van der Waals surface area contributed by atoms with E-state index in [1.807, 2.05) is 30.6 Å². The fourth-order valence-electron chi connectivity index (χ4n) is 2.40. The first-order chi connectivity index (χ1) is 10.1. The highest BCUT2D eigenvalue weighted by Crippen LogP contribution is 2.26. The van der Waals surface area contributed by atoms with Gasteiger partial charge in [-0.05, 0) is 26.8 Å². The summed E-state index contributed by atoms with van der Waals surface area (Å²) in [7, 11) is 0. The van der Waals surface area contributed by atoms with Crippen LogP contribution in [0.2, 0.25) is 5.02 Å². The van der Waals surface area contributed by atoms with E-state index in [1.165, 1.54) is 0 Å². The Labute approximate surface area is 128 Å². The Hall–Kier alpha value is -2.14. The molecule has 0 saturated carbocycles. The van der Waals surface area contributed by atoms with Crippen LogP contribution in [0.4, 0.5) is 5.69 Å². The predicted octanol–water partition coefficient (Wildman–Crippen LogP) is 3.57. The van der Waals surface area contributed by atoms with Gasteiger partial charge in [0.2, 0.25) is 0 Å². The zero-order valence-electron chi connectivity index (χ0n) is 12.1. The molecule has 0 amide bonds. The molecule has 0 aliphatic heterocycles. The van der Waals surface area contributed by atoms with Crippen molar-refractivity contribution in [1.29, 1.82) is 0 Å². The highest BCUT2D eigenvalue weighted by molar-refractivity contribution is 6.33. The molecule has 1 unspecified atom stereocenters. The molecular formula is C15H16ClN5. The predicted molar refractivity (Wildman–Crippen MR) is 83.7 cm³/mol. The molecular weight excluding hydrogens is 286 g/mol. The van der Waals surface area contributed by atoms with Crippen molar-refractivity contribution < 1.29 is 0 Å². The van der Waals surface area contributed by atoms with E-state index in [0.717, 1.165) is 28.3 Å². The first kappa shape index (κ1) is 13.8. The highest BCUT2D eigenvalue weighted by Gasteiger charge is 2.14. The van der Waals surface area contributed by atoms with Crippen molar-refractivity contribution in [3.05, 3.63) is 52.7 Å². The number of rotatable bonds is 3. The molecule has 0 aromatic carbocycles. The molecule has 3 rings (SSSR count). The van der Waals surface area contributed by atoms with Crippen molar-refractivity contribution in [1.82, 2.24) is 19.6 Å². The van der Waals surface area contributed by atoms with E-state index in [1.54, 1.807) is 18.5 Å². The summed E-state index contributed by atoms with van der Waals surface area (Å²) in [6.07, 6.45) is 5.27. The summed E-state index contributed by atoms with van der Waals surface area (Å²) < 4.78 is 1.87. The maximum absolute atomic E-state index is 6.16. The van der Waals surface area contributed by atoms with Gasteiger partial charge in [-0.1, -0.05) is 11.6 Å². The van der Waals surface area contributed by atoms with Gasteiger partial charge in [-0.3, -0.25) is 4.98 Å². The second kappa shape index (κ2) is 5.33. The number of aryl methyl sites for hydroxylation is 2. The molecule has 108 valence electrons. The van der Waals surface area contributed by atoms with Crippen LogP contribution in [0.3, 0.4) is 0 Å². The molecule has 1 N–H and O–H groups in total. The quantitative estimate of drug-likeness (QED) is 0.803. The molecule has 0 aliphatic carbocycles. The van der Waals surface area contributed by atoms with Crippen LogP contribution in [0, 0.1) is 13.8 Å². The molecule has 0 saturated heterocycles. The van der Waals surface area contributed by atoms with E-state index in [0.29, 0.717) is 5.02 Å². The molecule has 0 bridgehead atoms. The van der Waals surface area contributed by atoms with Crippen molar-refractivity contribution >= 4 is 22.9 Å². The van der Waals surface area contributed by atoms with Gasteiger partial charge in [-0.2, -0.15) is 5.10 Å². The summed E-state index contributed by atoms with van der Waals surface area (Å²) in [5, 5.41) is 8.48. The summed E-state index contributed by atoms with van der Waals surface area (Å²) in [6.45, 7) is 6.07. The third kappa shape index (κ3) is 2.56. The number of nitrogens with one attached hydrogen (secondary N) is 1. The molecule has 1 atom stereocenters. The third-order valence-electron chi connectivity index (χ3n) is 3.49. The number of nitrogens with zero attached hydrogens (tertiary/aromatic N) is 4. The topological polar surface area (TPSA) is 55.1 Å². The molecule has 3 aromatic rings. The lowest BCUT2D eigenvalue weighted by atomic mass is 10.1. The van der Waals surface area contributed by atoms with Crippen molar-refractivity contribution in [3.63, 3.8) is 0 Å². The summed E-state index contributed by atoms with van der Waals surface area (Å²) in [5.41, 5.74) is 4.76. The minimum Gasteiger partial charge on any atom is -0.376 e. The van der Waals surface area contributed by atoms with E-state index in [4.69, 9.17) is 11.6 Å². The van der Waals surface area contributed by atoms with Crippen molar-refractivity contribution in [2.45, 2.75) is 26.8 Å². The SMILES string of the molecule is Cc1cc2ncc(C(C)Nc3cnccc3Cl)c(C)n2n1. The summed E-state index contributed by atoms with van der Waals surface area (Å²) in [6, 6.07) is 3.78. The van der Waals surface area contributed by atoms with Crippen LogP contribution in [0.25, 0.3) is 5.65 Å². The molecule has 0 radical (unpaired) electrons. The number of halogens is 1. The Morgan fingerprint density at radius 3 is 2.86 bits per heavy atom. The lowest BCUT2D eigenvalue weighted by molar-refractivity contribution is 0.797. The second-order valence-corrected chi connectivity index (χ2v) is 5.48. The average Bonchev–Trinajstić information content (AvgIpc) is 2.83. The summed E-state index contributed by atoms with van der Waals surface area (Å²) >= 11 is 6.16. The van der Waals surface area contributed by atoms with Gasteiger partial charge >= 0.3 is 0 Å². The first-order valence-corrected chi connectivity index (χ1v) is 7.12. The van der Waals surface area contributed by atoms with Crippen LogP contribution in [-0.4, -0.2) is 19.6 Å². The van der Waals surface area contributed by atoms with Gasteiger partial charge in [0, 0.05) is 29.7 Å². The van der Waals surface area contributed by atoms with Crippen LogP contribution in [0.15, 0.2) is 30.7 Å². The summed E-state index contributed by atoms with van der Waals surface area (Å²) in [4.78, 5) is 8.55. The molecule has 3 aromatic heterocycles. The average molecular weight is 302 g/mol. The molecule has 21 heavy (non-hydrogen) atoms. The van der Waals surface area contributed by atoms with Crippen molar-refractivity contribution in [2.75, 3.05) is 5.32 Å². The Morgan fingerprint density at radius 1 is 1.29 bits per heavy atom. The molecule has 0 aliphatic rings. The van der Waals surface area contributed by atoms with Crippen LogP contribution < -0.4 is 5.32 Å². The highest BCUT2D eigenvalue weighted by atomic mass is 35.5. The van der Waals surface area contributed by atoms with Crippen molar-refractivity contribution in [2.24, 2.45) is 0 Å². The zero-order valence-corrected chi connectivity index (χ0v) is 12.9. The fraction of sp³-hybridized carbons (Fsp3) is 0.267. The van der Waals surface area contributed by atoms with Crippen molar-refractivity contribution in [3.8, 4) is 0 Å². The third-order valence-corrected chi connectivity index (χ3v) is 3.82. The van der Waals surface area contributed by atoms with E-state index >= 15 is 0 Å². The summed E-state index contributed by atoms with van der Waals surface area (Å²) in [5.74, 6) is 0. The Morgan fingerprint density at radius 2 is 2.10 bits per heavy atom. The first-order valence-electron chi connectivity index (χ1n) is 6.74. The van der Waals surface area contributed by atoms with Gasteiger partial charge < -0.3 is 5.32 Å². The van der Waals surface area contributed by atoms with E-state index < -0.39 is 0 Å². The van der Waals surface area contributed by atoms with Crippen LogP contribution >= 0.6 is 11.6 Å². The largest absolute Gasteiger partial charge is 0.376 e. The minimum absolute atomic E-state index is 0.0492. The zero-order chi connectivity index (χ0) is 15.0. The van der Waals surface area contributed by atoms with Gasteiger partial charge in [0.15, 0.2) is 5.65 Å². The lowest BCUT2D eigenvalue weighted by Crippen LogP contribution is -2.12. The standard InChI is InChI=1S/C15H16ClN5/c1-9-6-15-18-7-12(11(3)21(15)20-9)10(2)19-14-8-17-5-4-13(14)16/h4-8,10,19H,1-3H3. The lowest BCUT2D eigenvalue weighted by Gasteiger charge is -2.18. The second-order valence-electron chi connectivity index (χ2n) is 5.08. The van der Waals surface area contributed by atoms with E-state index in [-0.39, 0.29) is 6.04 Å². The Balaban J connectivity index is 1.96. The molecule has 3 heterocycles. The van der Waals surface area contributed by atoms with Crippen LogP contribution in [0.5, 0.6) is 0 Å². The van der Waals surface area contributed by atoms with Crippen LogP contribution in [0.1, 0.15) is 29.9 Å². The van der Waals surface area contributed by atoms with Crippen LogP contribution in [-0.2, 0) is 0 Å². The smallest absolute Gasteiger partial charge is 0.155 e. The van der Waals surface area contributed by atoms with E-state index in [9.17, 15) is 0 Å². The number of anilines is 1. The number of aromatic nitrogens is 4. The van der Waals surface area contributed by atoms with Gasteiger partial charge in [-0.15, -0.1) is 0 Å². The number of fused-ring (bicyclic) bond motifs is 1. The molecule has 0 spiro atoms. The molecule has 6 heteroatoms. The Bertz CT molecular complexity index is 796. The maximum Gasteiger partial charge on any atom is 0.155 e. The maximum atomic E-state index is 6.16. The molecule has 5 nitrogen and oxygen atoms in total. The number of hydrogen-bond donors (Lipinski definition) is 1. The van der Waals surface area contributed by atoms with Gasteiger partial charge in [-0.25, -0.2) is 9.50 Å². The minimum atomic E-state index is 0.0492. The molecule has 0 fully saturated rings. The monoisotopic (exact) mass is 301 g/mol. The van der Waals surface area contributed by atoms with Gasteiger partial charge in [0.25, 0.3) is 0 Å². The fourth-order valence-corrected chi connectivity index (χ4v) is 2.56. The van der Waals surface area contributed by atoms with Gasteiger partial charge in [0.05, 0.1) is 28.6 Å². The van der Waals surface area contributed by atoms with Gasteiger partial charge in [0.1, 0.15) is 0 Å². The Kier molecular flexibility index (Phi) is 3.51.